The van der Waals surface area contributed by atoms with Gasteiger partial charge < -0.3 is 19.9 Å². The molecular formula is C29H38F5N3O4S. The van der Waals surface area contributed by atoms with Gasteiger partial charge >= 0.3 is 12.0 Å². The molecule has 0 spiro atoms. The zero-order valence-corrected chi connectivity index (χ0v) is 25.5. The number of nitrogens with zero attached hydrogens (tertiary/aromatic N) is 2. The van der Waals surface area contributed by atoms with E-state index in [0.717, 1.165) is 31.0 Å². The van der Waals surface area contributed by atoms with E-state index in [9.17, 15) is 36.3 Å². The SMILES string of the molecule is CCC/C=C(/S/C=C(\C)C(=O)Oc1c(F)c(F)c(F)c(F)c1F)C1CC(N(C)C(=O)CCCC)C(C)N1C(=O)NCC. The van der Waals surface area contributed by atoms with Crippen LogP contribution in [0.3, 0.4) is 0 Å². The first-order valence-electron chi connectivity index (χ1n) is 13.9. The summed E-state index contributed by atoms with van der Waals surface area (Å²) >= 11 is 1.08. The second-order valence-corrected chi connectivity index (χ2v) is 11.0. The maximum absolute atomic E-state index is 14.0. The number of thioether (sulfide) groups is 1. The maximum atomic E-state index is 14.0. The first-order chi connectivity index (χ1) is 19.8. The number of esters is 1. The van der Waals surface area contributed by atoms with Crippen LogP contribution in [0.1, 0.15) is 73.1 Å². The van der Waals surface area contributed by atoms with Crippen molar-refractivity contribution in [1.82, 2.24) is 15.1 Å². The number of nitrogens with one attached hydrogen (secondary N) is 1. The fourth-order valence-electron chi connectivity index (χ4n) is 4.60. The third kappa shape index (κ3) is 8.05. The Balaban J connectivity index is 2.37. The molecule has 2 rings (SSSR count). The van der Waals surface area contributed by atoms with Crippen LogP contribution in [0.15, 0.2) is 22.0 Å². The molecule has 234 valence electrons. The first kappa shape index (κ1) is 35.1. The van der Waals surface area contributed by atoms with Crippen molar-refractivity contribution in [1.29, 1.82) is 0 Å². The zero-order valence-electron chi connectivity index (χ0n) is 24.7. The van der Waals surface area contributed by atoms with Crippen molar-refractivity contribution < 1.29 is 41.1 Å². The summed E-state index contributed by atoms with van der Waals surface area (Å²) in [6.45, 7) is 9.26. The number of ether oxygens (including phenoxy) is 1. The van der Waals surface area contributed by atoms with Crippen LogP contribution in [0.5, 0.6) is 5.75 Å². The monoisotopic (exact) mass is 619 g/mol. The van der Waals surface area contributed by atoms with Crippen molar-refractivity contribution in [3.63, 3.8) is 0 Å². The summed E-state index contributed by atoms with van der Waals surface area (Å²) in [6.07, 6.45) is 5.75. The number of amides is 3. The Morgan fingerprint density at radius 3 is 2.17 bits per heavy atom. The normalized spacial score (nSPS) is 19.2. The van der Waals surface area contributed by atoms with Gasteiger partial charge in [0.15, 0.2) is 0 Å². The number of carbonyl (C=O) groups is 3. The Labute approximate surface area is 247 Å². The molecule has 1 aromatic rings. The van der Waals surface area contributed by atoms with Crippen LogP contribution in [-0.4, -0.2) is 59.4 Å². The molecule has 3 atom stereocenters. The highest BCUT2D eigenvalue weighted by Crippen LogP contribution is 2.38. The number of hydrogen-bond donors (Lipinski definition) is 1. The van der Waals surface area contributed by atoms with Gasteiger partial charge in [0.05, 0.1) is 18.1 Å². The van der Waals surface area contributed by atoms with E-state index in [1.807, 2.05) is 26.8 Å². The van der Waals surface area contributed by atoms with Crippen molar-refractivity contribution >= 4 is 29.7 Å². The average Bonchev–Trinajstić information content (AvgIpc) is 3.31. The minimum absolute atomic E-state index is 0.0245. The predicted octanol–water partition coefficient (Wildman–Crippen LogP) is 6.82. The third-order valence-electron chi connectivity index (χ3n) is 7.01. The van der Waals surface area contributed by atoms with Crippen molar-refractivity contribution in [2.45, 2.75) is 91.3 Å². The lowest BCUT2D eigenvalue weighted by Crippen LogP contribution is -2.50. The molecule has 0 bridgehead atoms. The molecule has 1 aliphatic heterocycles. The Morgan fingerprint density at radius 1 is 1.02 bits per heavy atom. The second-order valence-electron chi connectivity index (χ2n) is 10.0. The number of urea groups is 1. The summed E-state index contributed by atoms with van der Waals surface area (Å²) in [7, 11) is 1.72. The number of carbonyl (C=O) groups excluding carboxylic acids is 3. The number of likely N-dealkylation sites (N-methyl/N-ethyl adjacent to an activating group) is 1. The van der Waals surface area contributed by atoms with E-state index in [2.05, 4.69) is 10.1 Å². The largest absolute Gasteiger partial charge is 0.417 e. The Bertz CT molecular complexity index is 1200. The highest BCUT2D eigenvalue weighted by atomic mass is 32.2. The molecule has 1 aliphatic rings. The lowest BCUT2D eigenvalue weighted by molar-refractivity contribution is -0.132. The van der Waals surface area contributed by atoms with Gasteiger partial charge in [-0.2, -0.15) is 8.78 Å². The zero-order chi connectivity index (χ0) is 31.7. The molecular weight excluding hydrogens is 581 g/mol. The van der Waals surface area contributed by atoms with E-state index in [0.29, 0.717) is 30.7 Å². The maximum Gasteiger partial charge on any atom is 0.339 e. The number of benzene rings is 1. The van der Waals surface area contributed by atoms with Crippen LogP contribution in [0.4, 0.5) is 26.7 Å². The Morgan fingerprint density at radius 2 is 1.62 bits per heavy atom. The lowest BCUT2D eigenvalue weighted by Gasteiger charge is -2.32. The van der Waals surface area contributed by atoms with Gasteiger partial charge in [0.1, 0.15) is 0 Å². The molecule has 0 saturated carbocycles. The molecule has 1 saturated heterocycles. The first-order valence-corrected chi connectivity index (χ1v) is 14.8. The molecule has 3 unspecified atom stereocenters. The highest BCUT2D eigenvalue weighted by Gasteiger charge is 2.45. The van der Waals surface area contributed by atoms with Gasteiger partial charge in [0, 0.05) is 30.5 Å². The quantitative estimate of drug-likeness (QED) is 0.0694. The fourth-order valence-corrected chi connectivity index (χ4v) is 5.59. The number of likely N-dealkylation sites (tertiary alicyclic amines) is 1. The average molecular weight is 620 g/mol. The molecule has 1 heterocycles. The van der Waals surface area contributed by atoms with Crippen LogP contribution in [0.25, 0.3) is 0 Å². The number of hydrogen-bond acceptors (Lipinski definition) is 5. The van der Waals surface area contributed by atoms with E-state index >= 15 is 0 Å². The van der Waals surface area contributed by atoms with Crippen LogP contribution in [0.2, 0.25) is 0 Å². The van der Waals surface area contributed by atoms with Crippen molar-refractivity contribution in [3.8, 4) is 5.75 Å². The summed E-state index contributed by atoms with van der Waals surface area (Å²) in [4.78, 5) is 42.6. The topological polar surface area (TPSA) is 79.0 Å². The number of unbranched alkanes of at least 4 members (excludes halogenated alkanes) is 2. The van der Waals surface area contributed by atoms with Crippen LogP contribution in [-0.2, 0) is 9.59 Å². The minimum Gasteiger partial charge on any atom is -0.417 e. The molecule has 0 aromatic heterocycles. The molecule has 1 fully saturated rings. The summed E-state index contributed by atoms with van der Waals surface area (Å²) in [5.74, 6) is -14.4. The van der Waals surface area contributed by atoms with Crippen molar-refractivity contribution in [2.75, 3.05) is 13.6 Å². The Kier molecular flexibility index (Phi) is 13.3. The van der Waals surface area contributed by atoms with Crippen LogP contribution < -0.4 is 10.1 Å². The van der Waals surface area contributed by atoms with Crippen LogP contribution >= 0.6 is 11.8 Å². The molecule has 1 aromatic carbocycles. The molecule has 42 heavy (non-hydrogen) atoms. The molecule has 0 aliphatic carbocycles. The predicted molar refractivity (Wildman–Crippen MR) is 151 cm³/mol. The number of rotatable bonds is 12. The smallest absolute Gasteiger partial charge is 0.339 e. The molecule has 3 amide bonds. The second kappa shape index (κ2) is 15.9. The van der Waals surface area contributed by atoms with Gasteiger partial charge in [0.25, 0.3) is 0 Å². The van der Waals surface area contributed by atoms with E-state index in [4.69, 9.17) is 0 Å². The molecule has 0 radical (unpaired) electrons. The van der Waals surface area contributed by atoms with Gasteiger partial charge in [-0.3, -0.25) is 4.79 Å². The lowest BCUT2D eigenvalue weighted by atomic mass is 10.1. The van der Waals surface area contributed by atoms with Crippen molar-refractivity contribution in [3.05, 3.63) is 51.0 Å². The molecule has 7 nitrogen and oxygen atoms in total. The van der Waals surface area contributed by atoms with Crippen LogP contribution in [0, 0.1) is 29.1 Å². The summed E-state index contributed by atoms with van der Waals surface area (Å²) in [5.41, 5.74) is -0.176. The minimum atomic E-state index is -2.36. The van der Waals surface area contributed by atoms with Crippen molar-refractivity contribution in [2.24, 2.45) is 0 Å². The summed E-state index contributed by atoms with van der Waals surface area (Å²) in [5, 5.41) is 4.15. The summed E-state index contributed by atoms with van der Waals surface area (Å²) in [6, 6.07) is -1.41. The number of allylic oxidation sites excluding steroid dienone is 1. The molecule has 13 heteroatoms. The van der Waals surface area contributed by atoms with E-state index in [1.165, 1.54) is 12.3 Å². The molecule has 1 N–H and O–H groups in total. The number of halogens is 5. The van der Waals surface area contributed by atoms with E-state index in [-0.39, 0.29) is 29.6 Å². The highest BCUT2D eigenvalue weighted by molar-refractivity contribution is 8.05. The third-order valence-corrected chi connectivity index (χ3v) is 8.20. The van der Waals surface area contributed by atoms with Gasteiger partial charge in [0.2, 0.25) is 40.7 Å². The van der Waals surface area contributed by atoms with Gasteiger partial charge in [-0.15, -0.1) is 11.8 Å². The summed E-state index contributed by atoms with van der Waals surface area (Å²) < 4.78 is 73.0. The standard InChI is InChI=1S/C29H38F5N3O4S/c1-7-10-12-20(42-15-16(4)28(39)41-27-25(33)23(31)22(30)24(32)26(27)34)19-14-18(36(6)21(38)13-11-8-2)17(5)37(19)29(40)35-9-3/h12,15,17-19H,7-11,13-14H2,1-6H3,(H,35,40)/b16-15+,20-12+. The Hall–Kier alpha value is -3.09. The van der Waals surface area contributed by atoms with E-state index in [1.54, 1.807) is 23.8 Å². The van der Waals surface area contributed by atoms with Gasteiger partial charge in [-0.25, -0.2) is 22.8 Å². The van der Waals surface area contributed by atoms with Gasteiger partial charge in [-0.05, 0) is 45.4 Å². The fraction of sp³-hybridized carbons (Fsp3) is 0.552. The van der Waals surface area contributed by atoms with Gasteiger partial charge in [-0.1, -0.05) is 32.8 Å². The van der Waals surface area contributed by atoms with E-state index < -0.39 is 46.8 Å².